The standard InChI is InChI=1S/C21H22N2O/c1-2-3-8-15-9-6-11-17-16-10-4-5-12-18(16)21(19(15)17,20(23)24)13-7-14-22/h4-6,9-12H,2-3,7-8,13H2,1H3,(H2,23,24). The molecule has 1 aliphatic rings. The lowest BCUT2D eigenvalue weighted by Crippen LogP contribution is -2.41. The maximum absolute atomic E-state index is 12.7. The van der Waals surface area contributed by atoms with Crippen LogP contribution in [0.25, 0.3) is 11.1 Å². The summed E-state index contributed by atoms with van der Waals surface area (Å²) >= 11 is 0. The van der Waals surface area contributed by atoms with Gasteiger partial charge in [-0.1, -0.05) is 55.8 Å². The van der Waals surface area contributed by atoms with Crippen LogP contribution < -0.4 is 5.73 Å². The zero-order valence-electron chi connectivity index (χ0n) is 14.0. The van der Waals surface area contributed by atoms with E-state index in [1.54, 1.807) is 0 Å². The molecule has 1 amide bonds. The number of nitrogens with two attached hydrogens (primary N) is 1. The number of carbonyl (C=O) groups excluding carboxylic acids is 1. The van der Waals surface area contributed by atoms with E-state index in [0.717, 1.165) is 41.5 Å². The van der Waals surface area contributed by atoms with Crippen LogP contribution in [0.15, 0.2) is 42.5 Å². The number of nitrogens with zero attached hydrogens (tertiary/aromatic N) is 1. The van der Waals surface area contributed by atoms with Crippen LogP contribution in [0.1, 0.15) is 49.3 Å². The molecule has 2 aromatic rings. The fraction of sp³-hybridized carbons (Fsp3) is 0.333. The minimum atomic E-state index is -0.883. The summed E-state index contributed by atoms with van der Waals surface area (Å²) in [6.45, 7) is 2.16. The van der Waals surface area contributed by atoms with Crippen molar-refractivity contribution in [2.24, 2.45) is 5.73 Å². The highest BCUT2D eigenvalue weighted by atomic mass is 16.1. The molecule has 3 nitrogen and oxygen atoms in total. The van der Waals surface area contributed by atoms with Gasteiger partial charge in [0.05, 0.1) is 6.07 Å². The van der Waals surface area contributed by atoms with E-state index in [9.17, 15) is 4.79 Å². The first-order valence-electron chi connectivity index (χ1n) is 8.56. The molecule has 0 heterocycles. The molecule has 0 saturated heterocycles. The van der Waals surface area contributed by atoms with Crippen LogP contribution in [0.5, 0.6) is 0 Å². The predicted octanol–water partition coefficient (Wildman–Crippen LogP) is 4.08. The zero-order valence-corrected chi connectivity index (χ0v) is 14.0. The molecule has 1 atom stereocenters. The SMILES string of the molecule is CCCCc1cccc2c1C(CCC#N)(C(N)=O)c1ccccc1-2. The minimum Gasteiger partial charge on any atom is -0.369 e. The average molecular weight is 318 g/mol. The molecule has 0 aliphatic heterocycles. The van der Waals surface area contributed by atoms with E-state index in [1.165, 1.54) is 5.56 Å². The molecule has 3 rings (SSSR count). The Morgan fingerprint density at radius 3 is 2.62 bits per heavy atom. The quantitative estimate of drug-likeness (QED) is 0.872. The Bertz CT molecular complexity index is 819. The van der Waals surface area contributed by atoms with Crippen LogP contribution in [0.3, 0.4) is 0 Å². The molecule has 3 heteroatoms. The van der Waals surface area contributed by atoms with Crippen molar-refractivity contribution in [3.05, 3.63) is 59.2 Å². The summed E-state index contributed by atoms with van der Waals surface area (Å²) in [5, 5.41) is 9.13. The van der Waals surface area contributed by atoms with Gasteiger partial charge in [0.25, 0.3) is 0 Å². The molecule has 1 aliphatic carbocycles. The average Bonchev–Trinajstić information content (AvgIpc) is 2.90. The lowest BCUT2D eigenvalue weighted by atomic mass is 9.72. The summed E-state index contributed by atoms with van der Waals surface area (Å²) in [5.41, 5.74) is 10.4. The molecule has 0 radical (unpaired) electrons. The van der Waals surface area contributed by atoms with Gasteiger partial charge in [0.1, 0.15) is 5.41 Å². The number of hydrogen-bond donors (Lipinski definition) is 1. The number of hydrogen-bond acceptors (Lipinski definition) is 2. The first-order chi connectivity index (χ1) is 11.7. The number of primary amides is 1. The number of nitriles is 1. The molecule has 0 fully saturated rings. The Morgan fingerprint density at radius 1 is 1.17 bits per heavy atom. The van der Waals surface area contributed by atoms with Crippen LogP contribution >= 0.6 is 0 Å². The smallest absolute Gasteiger partial charge is 0.232 e. The number of carbonyl (C=O) groups is 1. The first kappa shape index (κ1) is 16.3. The molecule has 0 spiro atoms. The summed E-state index contributed by atoms with van der Waals surface area (Å²) in [7, 11) is 0. The summed E-state index contributed by atoms with van der Waals surface area (Å²) in [5.74, 6) is -0.354. The van der Waals surface area contributed by atoms with E-state index in [0.29, 0.717) is 12.8 Å². The van der Waals surface area contributed by atoms with E-state index in [2.05, 4.69) is 37.3 Å². The molecule has 2 N–H and O–H groups in total. The van der Waals surface area contributed by atoms with Crippen molar-refractivity contribution < 1.29 is 4.79 Å². The van der Waals surface area contributed by atoms with E-state index < -0.39 is 5.41 Å². The van der Waals surface area contributed by atoms with Crippen LogP contribution in [0, 0.1) is 11.3 Å². The maximum atomic E-state index is 12.7. The van der Waals surface area contributed by atoms with E-state index in [-0.39, 0.29) is 5.91 Å². The second-order valence-electron chi connectivity index (χ2n) is 6.42. The van der Waals surface area contributed by atoms with E-state index in [4.69, 9.17) is 11.0 Å². The predicted molar refractivity (Wildman–Crippen MR) is 95.3 cm³/mol. The Hall–Kier alpha value is -2.60. The van der Waals surface area contributed by atoms with Gasteiger partial charge >= 0.3 is 0 Å². The van der Waals surface area contributed by atoms with Crippen molar-refractivity contribution in [1.82, 2.24) is 0 Å². The van der Waals surface area contributed by atoms with Gasteiger partial charge in [-0.3, -0.25) is 4.79 Å². The molecule has 2 aromatic carbocycles. The van der Waals surface area contributed by atoms with Crippen LogP contribution in [-0.4, -0.2) is 5.91 Å². The van der Waals surface area contributed by atoms with Gasteiger partial charge in [0, 0.05) is 6.42 Å². The third kappa shape index (κ3) is 2.30. The number of amides is 1. The third-order valence-electron chi connectivity index (χ3n) is 5.09. The van der Waals surface area contributed by atoms with Crippen molar-refractivity contribution in [2.75, 3.05) is 0 Å². The fourth-order valence-corrected chi connectivity index (χ4v) is 4.01. The van der Waals surface area contributed by atoms with Crippen molar-refractivity contribution in [3.8, 4) is 17.2 Å². The minimum absolute atomic E-state index is 0.304. The molecule has 0 saturated carbocycles. The molecule has 24 heavy (non-hydrogen) atoms. The summed E-state index contributed by atoms with van der Waals surface area (Å²) in [4.78, 5) is 12.7. The van der Waals surface area contributed by atoms with Gasteiger partial charge in [-0.05, 0) is 47.1 Å². The molecular formula is C21H22N2O. The largest absolute Gasteiger partial charge is 0.369 e. The number of fused-ring (bicyclic) bond motifs is 3. The second kappa shape index (κ2) is 6.49. The normalized spacial score (nSPS) is 17.8. The van der Waals surface area contributed by atoms with Crippen molar-refractivity contribution in [1.29, 1.82) is 5.26 Å². The Balaban J connectivity index is 2.30. The first-order valence-corrected chi connectivity index (χ1v) is 8.56. The number of aryl methyl sites for hydroxylation is 1. The van der Waals surface area contributed by atoms with E-state index >= 15 is 0 Å². The van der Waals surface area contributed by atoms with Gasteiger partial charge in [-0.25, -0.2) is 0 Å². The van der Waals surface area contributed by atoms with Crippen LogP contribution in [-0.2, 0) is 16.6 Å². The summed E-state index contributed by atoms with van der Waals surface area (Å²) in [6.07, 6.45) is 3.83. The monoisotopic (exact) mass is 318 g/mol. The molecule has 0 aromatic heterocycles. The summed E-state index contributed by atoms with van der Waals surface area (Å²) < 4.78 is 0. The summed E-state index contributed by atoms with van der Waals surface area (Å²) in [6, 6.07) is 16.4. The van der Waals surface area contributed by atoms with E-state index in [1.807, 2.05) is 18.2 Å². The van der Waals surface area contributed by atoms with Gasteiger partial charge < -0.3 is 5.73 Å². The molecular weight excluding hydrogens is 296 g/mol. The fourth-order valence-electron chi connectivity index (χ4n) is 4.01. The zero-order chi connectivity index (χ0) is 17.2. The highest BCUT2D eigenvalue weighted by Crippen LogP contribution is 2.52. The molecule has 0 bridgehead atoms. The van der Waals surface area contributed by atoms with Crippen molar-refractivity contribution in [2.45, 2.75) is 44.4 Å². The van der Waals surface area contributed by atoms with Gasteiger partial charge in [0.2, 0.25) is 5.91 Å². The topological polar surface area (TPSA) is 66.9 Å². The van der Waals surface area contributed by atoms with Gasteiger partial charge in [-0.2, -0.15) is 5.26 Å². The lowest BCUT2D eigenvalue weighted by molar-refractivity contribution is -0.122. The second-order valence-corrected chi connectivity index (χ2v) is 6.42. The van der Waals surface area contributed by atoms with Crippen molar-refractivity contribution in [3.63, 3.8) is 0 Å². The molecule has 122 valence electrons. The Kier molecular flexibility index (Phi) is 4.40. The number of unbranched alkanes of at least 4 members (excludes halogenated alkanes) is 1. The highest BCUT2D eigenvalue weighted by Gasteiger charge is 2.48. The Morgan fingerprint density at radius 2 is 1.92 bits per heavy atom. The van der Waals surface area contributed by atoms with Crippen LogP contribution in [0.4, 0.5) is 0 Å². The van der Waals surface area contributed by atoms with Gasteiger partial charge in [-0.15, -0.1) is 0 Å². The maximum Gasteiger partial charge on any atom is 0.232 e. The lowest BCUT2D eigenvalue weighted by Gasteiger charge is -2.29. The van der Waals surface area contributed by atoms with Crippen LogP contribution in [0.2, 0.25) is 0 Å². The van der Waals surface area contributed by atoms with Crippen molar-refractivity contribution >= 4 is 5.91 Å². The van der Waals surface area contributed by atoms with Gasteiger partial charge in [0.15, 0.2) is 0 Å². The third-order valence-corrected chi connectivity index (χ3v) is 5.09. The Labute approximate surface area is 143 Å². The number of rotatable bonds is 6. The highest BCUT2D eigenvalue weighted by molar-refractivity contribution is 6.00. The number of benzene rings is 2. The molecule has 1 unspecified atom stereocenters.